The zero-order valence-corrected chi connectivity index (χ0v) is 9.60. The number of anilines is 1. The second-order valence-corrected chi connectivity index (χ2v) is 4.25. The van der Waals surface area contributed by atoms with Crippen LogP contribution in [0.3, 0.4) is 0 Å². The van der Waals surface area contributed by atoms with Crippen LogP contribution in [0, 0.1) is 0 Å². The average Bonchev–Trinajstić information content (AvgIpc) is 2.65. The van der Waals surface area contributed by atoms with Gasteiger partial charge >= 0.3 is 0 Å². The van der Waals surface area contributed by atoms with Crippen LogP contribution in [0.2, 0.25) is 5.02 Å². The molecule has 0 saturated carbocycles. The van der Waals surface area contributed by atoms with Crippen molar-refractivity contribution in [2.24, 2.45) is 0 Å². The molecule has 0 fully saturated rings. The van der Waals surface area contributed by atoms with E-state index in [1.807, 2.05) is 24.5 Å². The highest BCUT2D eigenvalue weighted by Gasteiger charge is 2.09. The fourth-order valence-corrected chi connectivity index (χ4v) is 1.89. The quantitative estimate of drug-likeness (QED) is 0.819. The molecule has 0 aliphatic carbocycles. The highest BCUT2D eigenvalue weighted by atomic mass is 35.5. The third kappa shape index (κ3) is 2.11. The maximum absolute atomic E-state index is 6.06. The fourth-order valence-electron chi connectivity index (χ4n) is 1.24. The third-order valence-corrected chi connectivity index (χ3v) is 3.02. The van der Waals surface area contributed by atoms with Crippen molar-refractivity contribution in [3.8, 4) is 11.3 Å². The zero-order chi connectivity index (χ0) is 10.8. The Kier molecular flexibility index (Phi) is 2.88. The van der Waals surface area contributed by atoms with Gasteiger partial charge in [0.15, 0.2) is 11.6 Å². The van der Waals surface area contributed by atoms with Crippen molar-refractivity contribution in [2.75, 3.05) is 12.0 Å². The van der Waals surface area contributed by atoms with E-state index in [-0.39, 0.29) is 0 Å². The highest BCUT2D eigenvalue weighted by Crippen LogP contribution is 2.32. The predicted octanol–water partition coefficient (Wildman–Crippen LogP) is 3.30. The maximum Gasteiger partial charge on any atom is 0.170 e. The van der Waals surface area contributed by atoms with Crippen molar-refractivity contribution < 1.29 is 4.52 Å². The van der Waals surface area contributed by atoms with Crippen molar-refractivity contribution in [2.45, 2.75) is 4.90 Å². The number of hydrogen-bond acceptors (Lipinski definition) is 4. The van der Waals surface area contributed by atoms with Gasteiger partial charge in [0, 0.05) is 16.5 Å². The highest BCUT2D eigenvalue weighted by molar-refractivity contribution is 7.98. The summed E-state index contributed by atoms with van der Waals surface area (Å²) in [5.74, 6) is 0.948. The van der Waals surface area contributed by atoms with Gasteiger partial charge in [-0.05, 0) is 24.5 Å². The lowest BCUT2D eigenvalue weighted by atomic mass is 10.2. The predicted molar refractivity (Wildman–Crippen MR) is 63.1 cm³/mol. The second kappa shape index (κ2) is 4.16. The van der Waals surface area contributed by atoms with E-state index in [9.17, 15) is 0 Å². The number of benzene rings is 1. The molecule has 3 nitrogen and oxygen atoms in total. The maximum atomic E-state index is 6.06. The van der Waals surface area contributed by atoms with Crippen LogP contribution in [-0.2, 0) is 0 Å². The summed E-state index contributed by atoms with van der Waals surface area (Å²) >= 11 is 7.70. The Morgan fingerprint density at radius 1 is 1.40 bits per heavy atom. The molecule has 1 aromatic heterocycles. The van der Waals surface area contributed by atoms with Crippen molar-refractivity contribution in [1.82, 2.24) is 5.16 Å². The monoisotopic (exact) mass is 240 g/mol. The van der Waals surface area contributed by atoms with E-state index in [4.69, 9.17) is 21.9 Å². The van der Waals surface area contributed by atoms with Crippen molar-refractivity contribution in [3.05, 3.63) is 29.3 Å². The van der Waals surface area contributed by atoms with Crippen LogP contribution >= 0.6 is 23.4 Å². The lowest BCUT2D eigenvalue weighted by Crippen LogP contribution is -1.80. The minimum atomic E-state index is 0.357. The molecule has 0 atom stereocenters. The topological polar surface area (TPSA) is 52.0 Å². The number of halogens is 1. The Labute approximate surface area is 96.6 Å². The molecule has 5 heteroatoms. The molecule has 0 bridgehead atoms. The Bertz CT molecular complexity index is 484. The molecule has 0 unspecified atom stereocenters. The first-order valence-corrected chi connectivity index (χ1v) is 5.87. The Hall–Kier alpha value is -1.13. The van der Waals surface area contributed by atoms with Crippen LogP contribution in [0.15, 0.2) is 33.7 Å². The van der Waals surface area contributed by atoms with Crippen LogP contribution in [0.25, 0.3) is 11.3 Å². The molecular formula is C10H9ClN2OS. The van der Waals surface area contributed by atoms with E-state index in [0.717, 1.165) is 10.5 Å². The van der Waals surface area contributed by atoms with Gasteiger partial charge in [0.2, 0.25) is 0 Å². The zero-order valence-electron chi connectivity index (χ0n) is 8.03. The number of aromatic nitrogens is 1. The first-order valence-electron chi connectivity index (χ1n) is 4.27. The van der Waals surface area contributed by atoms with E-state index in [1.54, 1.807) is 17.8 Å². The molecular weight excluding hydrogens is 232 g/mol. The van der Waals surface area contributed by atoms with E-state index in [2.05, 4.69) is 5.16 Å². The van der Waals surface area contributed by atoms with Crippen molar-refractivity contribution in [1.29, 1.82) is 0 Å². The summed E-state index contributed by atoms with van der Waals surface area (Å²) in [7, 11) is 0. The molecule has 15 heavy (non-hydrogen) atoms. The fraction of sp³-hybridized carbons (Fsp3) is 0.100. The largest absolute Gasteiger partial charge is 0.381 e. The minimum absolute atomic E-state index is 0.357. The number of rotatable bonds is 2. The van der Waals surface area contributed by atoms with Gasteiger partial charge in [-0.3, -0.25) is 0 Å². The van der Waals surface area contributed by atoms with Gasteiger partial charge in [0.05, 0.1) is 5.02 Å². The van der Waals surface area contributed by atoms with Crippen LogP contribution in [-0.4, -0.2) is 11.4 Å². The Morgan fingerprint density at radius 2 is 2.20 bits per heavy atom. The third-order valence-electron chi connectivity index (χ3n) is 1.97. The summed E-state index contributed by atoms with van der Waals surface area (Å²) in [6.45, 7) is 0. The van der Waals surface area contributed by atoms with Gasteiger partial charge < -0.3 is 10.3 Å². The van der Waals surface area contributed by atoms with Crippen LogP contribution in [0.1, 0.15) is 0 Å². The molecule has 2 N–H and O–H groups in total. The van der Waals surface area contributed by atoms with Gasteiger partial charge in [-0.1, -0.05) is 16.8 Å². The molecule has 0 aliphatic heterocycles. The van der Waals surface area contributed by atoms with Crippen molar-refractivity contribution >= 4 is 29.2 Å². The Balaban J connectivity index is 2.51. The molecule has 0 saturated heterocycles. The van der Waals surface area contributed by atoms with Gasteiger partial charge in [-0.15, -0.1) is 11.8 Å². The molecule has 0 amide bonds. The summed E-state index contributed by atoms with van der Waals surface area (Å²) < 4.78 is 5.06. The summed E-state index contributed by atoms with van der Waals surface area (Å²) in [5.41, 5.74) is 6.30. The summed E-state index contributed by atoms with van der Waals surface area (Å²) in [6, 6.07) is 7.40. The molecule has 0 aliphatic rings. The Morgan fingerprint density at radius 3 is 2.80 bits per heavy atom. The SMILES string of the molecule is CSc1ccc(Cl)c(-c2cc(N)no2)c1. The lowest BCUT2D eigenvalue weighted by molar-refractivity contribution is 0.436. The first-order chi connectivity index (χ1) is 7.20. The molecule has 78 valence electrons. The average molecular weight is 241 g/mol. The molecule has 2 rings (SSSR count). The number of thioether (sulfide) groups is 1. The molecule has 1 heterocycles. The standard InChI is InChI=1S/C10H9ClN2OS/c1-15-6-2-3-8(11)7(4-6)9-5-10(12)13-14-9/h2-5H,1H3,(H2,12,13). The van der Waals surface area contributed by atoms with E-state index >= 15 is 0 Å². The van der Waals surface area contributed by atoms with Crippen LogP contribution in [0.5, 0.6) is 0 Å². The van der Waals surface area contributed by atoms with Crippen LogP contribution < -0.4 is 5.73 Å². The number of nitrogens with two attached hydrogens (primary N) is 1. The van der Waals surface area contributed by atoms with Gasteiger partial charge in [0.25, 0.3) is 0 Å². The first kappa shape index (κ1) is 10.4. The van der Waals surface area contributed by atoms with Gasteiger partial charge in [-0.25, -0.2) is 0 Å². The van der Waals surface area contributed by atoms with E-state index < -0.39 is 0 Å². The summed E-state index contributed by atoms with van der Waals surface area (Å²) in [6.07, 6.45) is 2.00. The van der Waals surface area contributed by atoms with E-state index in [1.165, 1.54) is 0 Å². The van der Waals surface area contributed by atoms with Gasteiger partial charge in [0.1, 0.15) is 0 Å². The minimum Gasteiger partial charge on any atom is -0.381 e. The van der Waals surface area contributed by atoms with Gasteiger partial charge in [-0.2, -0.15) is 0 Å². The molecule has 2 aromatic rings. The normalized spacial score (nSPS) is 10.5. The second-order valence-electron chi connectivity index (χ2n) is 2.96. The summed E-state index contributed by atoms with van der Waals surface area (Å²) in [5, 5.41) is 4.26. The summed E-state index contributed by atoms with van der Waals surface area (Å²) in [4.78, 5) is 1.12. The number of nitrogen functional groups attached to an aromatic ring is 1. The number of hydrogen-bond donors (Lipinski definition) is 1. The number of nitrogens with zero attached hydrogens (tertiary/aromatic N) is 1. The lowest BCUT2D eigenvalue weighted by Gasteiger charge is -2.02. The van der Waals surface area contributed by atoms with Crippen LogP contribution in [0.4, 0.5) is 5.82 Å². The van der Waals surface area contributed by atoms with E-state index in [0.29, 0.717) is 16.6 Å². The molecule has 1 aromatic carbocycles. The smallest absolute Gasteiger partial charge is 0.170 e. The van der Waals surface area contributed by atoms with Crippen molar-refractivity contribution in [3.63, 3.8) is 0 Å². The molecule has 0 spiro atoms. The molecule has 0 radical (unpaired) electrons.